The van der Waals surface area contributed by atoms with Gasteiger partial charge in [0.05, 0.1) is 5.69 Å². The summed E-state index contributed by atoms with van der Waals surface area (Å²) in [6.07, 6.45) is 4.49. The molecule has 14 heavy (non-hydrogen) atoms. The number of hydrogen-bond donors (Lipinski definition) is 0. The van der Waals surface area contributed by atoms with Crippen LogP contribution in [0.15, 0.2) is 17.1 Å². The fourth-order valence-electron chi connectivity index (χ4n) is 1.14. The Morgan fingerprint density at radius 2 is 2.36 bits per heavy atom. The summed E-state index contributed by atoms with van der Waals surface area (Å²) in [7, 11) is 0. The molecule has 1 heterocycles. The Bertz CT molecular complexity index is 359. The molecule has 3 nitrogen and oxygen atoms in total. The van der Waals surface area contributed by atoms with Crippen LogP contribution in [-0.2, 0) is 11.2 Å². The maximum atomic E-state index is 10.1. The Morgan fingerprint density at radius 1 is 1.57 bits per heavy atom. The second-order valence-electron chi connectivity index (χ2n) is 2.95. The summed E-state index contributed by atoms with van der Waals surface area (Å²) >= 11 is 5.76. The van der Waals surface area contributed by atoms with E-state index in [1.165, 1.54) is 6.08 Å². The predicted octanol–water partition coefficient (Wildman–Crippen LogP) is 3.04. The number of aryl methyl sites for hydroxylation is 1. The molecule has 0 aliphatic carbocycles. The van der Waals surface area contributed by atoms with Gasteiger partial charge in [0, 0.05) is 11.8 Å². The van der Waals surface area contributed by atoms with Gasteiger partial charge >= 0.3 is 0 Å². The molecular weight excluding hydrogens is 200 g/mol. The van der Waals surface area contributed by atoms with E-state index < -0.39 is 0 Å². The smallest absolute Gasteiger partial charge is 0.240 e. The highest BCUT2D eigenvalue weighted by atomic mass is 35.5. The van der Waals surface area contributed by atoms with Gasteiger partial charge in [-0.3, -0.25) is 0 Å². The first-order valence-corrected chi connectivity index (χ1v) is 4.88. The third kappa shape index (κ3) is 3.29. The number of isocyanates is 1. The third-order valence-electron chi connectivity index (χ3n) is 1.79. The quantitative estimate of drug-likeness (QED) is 0.436. The van der Waals surface area contributed by atoms with Gasteiger partial charge in [-0.2, -0.15) is 4.99 Å². The van der Waals surface area contributed by atoms with Crippen molar-refractivity contribution in [2.24, 2.45) is 4.99 Å². The van der Waals surface area contributed by atoms with Crippen molar-refractivity contribution in [2.75, 3.05) is 0 Å². The molecule has 0 amide bonds. The van der Waals surface area contributed by atoms with Crippen LogP contribution in [0.5, 0.6) is 0 Å². The van der Waals surface area contributed by atoms with Crippen molar-refractivity contribution in [3.05, 3.63) is 23.0 Å². The van der Waals surface area contributed by atoms with E-state index in [1.54, 1.807) is 12.1 Å². The van der Waals surface area contributed by atoms with Crippen LogP contribution < -0.4 is 0 Å². The predicted molar refractivity (Wildman–Crippen MR) is 55.6 cm³/mol. The average Bonchev–Trinajstić information content (AvgIpc) is 2.14. The largest absolute Gasteiger partial charge is 0.241 e. The zero-order valence-electron chi connectivity index (χ0n) is 7.96. The molecule has 1 aromatic rings. The molecule has 1 rings (SSSR count). The van der Waals surface area contributed by atoms with E-state index in [0.29, 0.717) is 10.8 Å². The van der Waals surface area contributed by atoms with Crippen LogP contribution in [0.25, 0.3) is 0 Å². The number of rotatable bonds is 4. The molecule has 0 radical (unpaired) electrons. The summed E-state index contributed by atoms with van der Waals surface area (Å²) in [5.74, 6) is 0. The zero-order chi connectivity index (χ0) is 10.4. The lowest BCUT2D eigenvalue weighted by Gasteiger charge is -2.00. The zero-order valence-corrected chi connectivity index (χ0v) is 8.71. The summed E-state index contributed by atoms with van der Waals surface area (Å²) in [6, 6.07) is 3.30. The number of nitrogens with zero attached hydrogens (tertiary/aromatic N) is 2. The van der Waals surface area contributed by atoms with Crippen molar-refractivity contribution in [3.63, 3.8) is 0 Å². The monoisotopic (exact) mass is 210 g/mol. The number of hydrogen-bond acceptors (Lipinski definition) is 3. The van der Waals surface area contributed by atoms with Gasteiger partial charge in [-0.25, -0.2) is 9.78 Å². The fourth-order valence-corrected chi connectivity index (χ4v) is 1.36. The van der Waals surface area contributed by atoms with Crippen LogP contribution in [-0.4, -0.2) is 11.1 Å². The van der Waals surface area contributed by atoms with Crippen molar-refractivity contribution >= 4 is 23.4 Å². The van der Waals surface area contributed by atoms with Gasteiger partial charge in [-0.1, -0.05) is 24.9 Å². The van der Waals surface area contributed by atoms with Gasteiger partial charge in [-0.05, 0) is 18.9 Å². The number of pyridine rings is 1. The lowest BCUT2D eigenvalue weighted by atomic mass is 10.2. The molecule has 0 unspecified atom stereocenters. The number of halogens is 1. The van der Waals surface area contributed by atoms with Crippen LogP contribution in [0.4, 0.5) is 5.69 Å². The van der Waals surface area contributed by atoms with Gasteiger partial charge < -0.3 is 0 Å². The van der Waals surface area contributed by atoms with E-state index in [1.807, 2.05) is 0 Å². The third-order valence-corrected chi connectivity index (χ3v) is 1.99. The summed E-state index contributed by atoms with van der Waals surface area (Å²) < 4.78 is 0. The summed E-state index contributed by atoms with van der Waals surface area (Å²) in [4.78, 5) is 17.7. The minimum absolute atomic E-state index is 0.368. The number of carbonyl (C=O) groups excluding carboxylic acids is 1. The molecule has 0 aliphatic heterocycles. The average molecular weight is 211 g/mol. The molecule has 0 N–H and O–H groups in total. The lowest BCUT2D eigenvalue weighted by Crippen LogP contribution is -1.89. The van der Waals surface area contributed by atoms with E-state index in [9.17, 15) is 4.79 Å². The van der Waals surface area contributed by atoms with E-state index >= 15 is 0 Å². The number of aromatic nitrogens is 1. The van der Waals surface area contributed by atoms with Crippen molar-refractivity contribution in [2.45, 2.75) is 26.2 Å². The molecule has 0 saturated heterocycles. The summed E-state index contributed by atoms with van der Waals surface area (Å²) in [6.45, 7) is 2.11. The van der Waals surface area contributed by atoms with Crippen LogP contribution in [0.3, 0.4) is 0 Å². The van der Waals surface area contributed by atoms with Gasteiger partial charge in [0.1, 0.15) is 5.15 Å². The van der Waals surface area contributed by atoms with Gasteiger partial charge in [-0.15, -0.1) is 0 Å². The lowest BCUT2D eigenvalue weighted by molar-refractivity contribution is 0.565. The molecule has 1 aromatic heterocycles. The Hall–Kier alpha value is -1.18. The van der Waals surface area contributed by atoms with Crippen LogP contribution >= 0.6 is 11.6 Å². The fraction of sp³-hybridized carbons (Fsp3) is 0.400. The maximum absolute atomic E-state index is 10.1. The first-order valence-electron chi connectivity index (χ1n) is 4.50. The highest BCUT2D eigenvalue weighted by Crippen LogP contribution is 2.18. The van der Waals surface area contributed by atoms with Crippen LogP contribution in [0.2, 0.25) is 5.15 Å². The van der Waals surface area contributed by atoms with Crippen molar-refractivity contribution in [3.8, 4) is 0 Å². The molecule has 74 valence electrons. The molecule has 0 bridgehead atoms. The van der Waals surface area contributed by atoms with Crippen molar-refractivity contribution in [1.82, 2.24) is 4.98 Å². The highest BCUT2D eigenvalue weighted by molar-refractivity contribution is 6.29. The highest BCUT2D eigenvalue weighted by Gasteiger charge is 2.00. The number of unbranched alkanes of at least 4 members (excludes halogenated alkanes) is 1. The molecule has 0 aliphatic rings. The summed E-state index contributed by atoms with van der Waals surface area (Å²) in [5, 5.41) is 0.368. The second-order valence-corrected chi connectivity index (χ2v) is 3.33. The standard InChI is InChI=1S/C10H11ClN2O/c1-2-3-4-8-5-9(12-7-14)6-10(11)13-8/h5-6H,2-4H2,1H3. The Kier molecular flexibility index (Phi) is 4.30. The molecule has 4 heteroatoms. The van der Waals surface area contributed by atoms with Crippen LogP contribution in [0.1, 0.15) is 25.5 Å². The first kappa shape index (κ1) is 10.9. The molecule has 0 aromatic carbocycles. The minimum Gasteiger partial charge on any atom is -0.241 e. The molecule has 0 saturated carbocycles. The Balaban J connectivity index is 2.89. The van der Waals surface area contributed by atoms with Gasteiger partial charge in [0.15, 0.2) is 0 Å². The van der Waals surface area contributed by atoms with E-state index in [-0.39, 0.29) is 0 Å². The Labute approximate surface area is 87.8 Å². The van der Waals surface area contributed by atoms with Crippen molar-refractivity contribution < 1.29 is 4.79 Å². The Morgan fingerprint density at radius 3 is 3.00 bits per heavy atom. The van der Waals surface area contributed by atoms with Crippen LogP contribution in [0, 0.1) is 0 Å². The minimum atomic E-state index is 0.368. The normalized spacial score (nSPS) is 9.57. The van der Waals surface area contributed by atoms with E-state index in [2.05, 4.69) is 16.9 Å². The summed E-state index contributed by atoms with van der Waals surface area (Å²) in [5.41, 5.74) is 1.39. The first-order chi connectivity index (χ1) is 6.76. The van der Waals surface area contributed by atoms with Gasteiger partial charge in [0.2, 0.25) is 6.08 Å². The van der Waals surface area contributed by atoms with Crippen molar-refractivity contribution in [1.29, 1.82) is 0 Å². The molecule has 0 fully saturated rings. The molecular formula is C10H11ClN2O. The SMILES string of the molecule is CCCCc1cc(N=C=O)cc(Cl)n1. The van der Waals surface area contributed by atoms with E-state index in [4.69, 9.17) is 11.6 Å². The molecule has 0 atom stereocenters. The molecule has 0 spiro atoms. The maximum Gasteiger partial charge on any atom is 0.240 e. The van der Waals surface area contributed by atoms with Gasteiger partial charge in [0.25, 0.3) is 0 Å². The number of aliphatic imine (C=N–C) groups is 1. The topological polar surface area (TPSA) is 42.3 Å². The second kappa shape index (κ2) is 5.53. The van der Waals surface area contributed by atoms with E-state index in [0.717, 1.165) is 25.0 Å².